The molecule has 0 saturated carbocycles. The quantitative estimate of drug-likeness (QED) is 0.199. The van der Waals surface area contributed by atoms with Gasteiger partial charge in [0.1, 0.15) is 0 Å². The van der Waals surface area contributed by atoms with E-state index in [0.717, 1.165) is 27.5 Å². The predicted molar refractivity (Wildman–Crippen MR) is 193 cm³/mol. The van der Waals surface area contributed by atoms with Gasteiger partial charge in [-0.15, -0.1) is 0 Å². The molecule has 0 aliphatic heterocycles. The fourth-order valence-corrected chi connectivity index (χ4v) is 7.72. The SMILES string of the molecule is c1ccc2c(c1)c1c3c(ccc4c5cccc6c7ccccc7n(c65)c43)ccc1n2-c1nc(-c2ccncc2)nc(-c2ccncc2)n1. The Bertz CT molecular complexity index is 2990. The Labute approximate surface area is 272 Å². The zero-order chi connectivity index (χ0) is 31.3. The van der Waals surface area contributed by atoms with Crippen LogP contribution in [0.5, 0.6) is 0 Å². The van der Waals surface area contributed by atoms with Crippen molar-refractivity contribution in [2.45, 2.75) is 0 Å². The number of rotatable bonds is 3. The molecule has 7 heteroatoms. The molecule has 0 fully saturated rings. The molecule has 0 amide bonds. The molecule has 0 aliphatic carbocycles. The molecular formula is C41H23N7. The zero-order valence-corrected chi connectivity index (χ0v) is 25.4. The van der Waals surface area contributed by atoms with E-state index in [-0.39, 0.29) is 0 Å². The van der Waals surface area contributed by atoms with E-state index in [9.17, 15) is 0 Å². The monoisotopic (exact) mass is 613 g/mol. The summed E-state index contributed by atoms with van der Waals surface area (Å²) in [7, 11) is 0. The van der Waals surface area contributed by atoms with Crippen LogP contribution < -0.4 is 0 Å². The third-order valence-corrected chi connectivity index (χ3v) is 9.70. The summed E-state index contributed by atoms with van der Waals surface area (Å²) in [5.41, 5.74) is 7.51. The van der Waals surface area contributed by atoms with E-state index < -0.39 is 0 Å². The van der Waals surface area contributed by atoms with E-state index in [2.05, 4.69) is 110 Å². The van der Waals surface area contributed by atoms with E-state index in [1.807, 2.05) is 24.3 Å². The molecule has 0 unspecified atom stereocenters. The van der Waals surface area contributed by atoms with Gasteiger partial charge in [0.15, 0.2) is 11.6 Å². The highest BCUT2D eigenvalue weighted by Gasteiger charge is 2.23. The van der Waals surface area contributed by atoms with Crippen molar-refractivity contribution in [3.63, 3.8) is 0 Å². The third kappa shape index (κ3) is 3.34. The minimum absolute atomic E-state index is 0.554. The van der Waals surface area contributed by atoms with Crippen LogP contribution in [0, 0.1) is 0 Å². The molecule has 5 aromatic carbocycles. The largest absolute Gasteiger partial charge is 0.307 e. The van der Waals surface area contributed by atoms with Crippen molar-refractivity contribution in [3.05, 3.63) is 140 Å². The highest BCUT2D eigenvalue weighted by Crippen LogP contribution is 2.45. The van der Waals surface area contributed by atoms with Gasteiger partial charge in [0, 0.05) is 73.6 Å². The van der Waals surface area contributed by atoms with Crippen molar-refractivity contribution in [3.8, 4) is 28.7 Å². The minimum atomic E-state index is 0.554. The van der Waals surface area contributed by atoms with Gasteiger partial charge in [-0.25, -0.2) is 4.98 Å². The minimum Gasteiger partial charge on any atom is -0.307 e. The van der Waals surface area contributed by atoms with Gasteiger partial charge in [-0.2, -0.15) is 9.97 Å². The van der Waals surface area contributed by atoms with Crippen LogP contribution >= 0.6 is 0 Å². The van der Waals surface area contributed by atoms with Crippen LogP contribution in [-0.2, 0) is 0 Å². The van der Waals surface area contributed by atoms with Crippen LogP contribution in [0.25, 0.3) is 99.4 Å². The van der Waals surface area contributed by atoms with Gasteiger partial charge >= 0.3 is 0 Å². The molecule has 0 aliphatic rings. The Kier molecular flexibility index (Phi) is 4.99. The maximum Gasteiger partial charge on any atom is 0.238 e. The maximum absolute atomic E-state index is 5.11. The van der Waals surface area contributed by atoms with Gasteiger partial charge in [-0.1, -0.05) is 72.8 Å². The van der Waals surface area contributed by atoms with E-state index in [1.54, 1.807) is 24.8 Å². The number of hydrogen-bond donors (Lipinski definition) is 0. The predicted octanol–water partition coefficient (Wildman–Crippen LogP) is 9.40. The van der Waals surface area contributed by atoms with Crippen molar-refractivity contribution < 1.29 is 0 Å². The lowest BCUT2D eigenvalue weighted by Gasteiger charge is -2.11. The molecule has 7 nitrogen and oxygen atoms in total. The van der Waals surface area contributed by atoms with Gasteiger partial charge in [0.2, 0.25) is 5.95 Å². The molecule has 11 rings (SSSR count). The number of fused-ring (bicyclic) bond motifs is 12. The van der Waals surface area contributed by atoms with Crippen molar-refractivity contribution in [2.75, 3.05) is 0 Å². The van der Waals surface area contributed by atoms with E-state index in [0.29, 0.717) is 17.6 Å². The van der Waals surface area contributed by atoms with Crippen molar-refractivity contribution in [1.82, 2.24) is 33.9 Å². The van der Waals surface area contributed by atoms with Gasteiger partial charge in [-0.3, -0.25) is 14.5 Å². The van der Waals surface area contributed by atoms with E-state index in [1.165, 1.54) is 54.3 Å². The molecule has 11 aromatic rings. The normalized spacial score (nSPS) is 12.2. The summed E-state index contributed by atoms with van der Waals surface area (Å²) in [6.07, 6.45) is 7.05. The smallest absolute Gasteiger partial charge is 0.238 e. The zero-order valence-electron chi connectivity index (χ0n) is 25.4. The van der Waals surface area contributed by atoms with Gasteiger partial charge in [0.05, 0.1) is 27.6 Å². The lowest BCUT2D eigenvalue weighted by molar-refractivity contribution is 0.952. The van der Waals surface area contributed by atoms with Gasteiger partial charge in [-0.05, 0) is 47.9 Å². The van der Waals surface area contributed by atoms with Crippen molar-refractivity contribution in [2.24, 2.45) is 0 Å². The fourth-order valence-electron chi connectivity index (χ4n) is 7.72. The molecule has 0 radical (unpaired) electrons. The Morgan fingerprint density at radius 2 is 0.979 bits per heavy atom. The lowest BCUT2D eigenvalue weighted by Crippen LogP contribution is -2.06. The topological polar surface area (TPSA) is 73.8 Å². The van der Waals surface area contributed by atoms with Crippen LogP contribution in [0.4, 0.5) is 0 Å². The van der Waals surface area contributed by atoms with Crippen LogP contribution in [0.3, 0.4) is 0 Å². The molecular weight excluding hydrogens is 591 g/mol. The van der Waals surface area contributed by atoms with Crippen LogP contribution in [0.2, 0.25) is 0 Å². The van der Waals surface area contributed by atoms with Crippen molar-refractivity contribution >= 4 is 70.7 Å². The maximum atomic E-state index is 5.11. The first kappa shape index (κ1) is 25.5. The van der Waals surface area contributed by atoms with E-state index in [4.69, 9.17) is 15.0 Å². The molecule has 6 heterocycles. The first-order valence-corrected chi connectivity index (χ1v) is 15.9. The Morgan fingerprint density at radius 1 is 0.396 bits per heavy atom. The molecule has 6 aromatic heterocycles. The number of pyridine rings is 2. The highest BCUT2D eigenvalue weighted by molar-refractivity contribution is 6.33. The first-order chi connectivity index (χ1) is 23.8. The Morgan fingerprint density at radius 3 is 1.71 bits per heavy atom. The molecule has 0 saturated heterocycles. The lowest BCUT2D eigenvalue weighted by atomic mass is 10.00. The van der Waals surface area contributed by atoms with Crippen LogP contribution in [-0.4, -0.2) is 33.9 Å². The van der Waals surface area contributed by atoms with Crippen molar-refractivity contribution in [1.29, 1.82) is 0 Å². The van der Waals surface area contributed by atoms with Crippen LogP contribution in [0.15, 0.2) is 140 Å². The number of benzene rings is 5. The standard InChI is InChI=1S/C41H23N7/c1-3-10-32-27(6-1)28-8-5-9-29-30-14-12-24-13-15-34-36(35(24)38(30)48(32)37(28)29)31-7-2-4-11-33(31)47(34)41-45-39(25-16-20-42-21-17-25)44-40(46-41)26-18-22-43-23-19-26/h1-23H. The van der Waals surface area contributed by atoms with E-state index >= 15 is 0 Å². The summed E-state index contributed by atoms with van der Waals surface area (Å²) in [5, 5.41) is 9.79. The summed E-state index contributed by atoms with van der Waals surface area (Å²) in [4.78, 5) is 23.6. The number of para-hydroxylation sites is 3. The number of hydrogen-bond acceptors (Lipinski definition) is 5. The van der Waals surface area contributed by atoms with Gasteiger partial charge < -0.3 is 4.40 Å². The molecule has 0 N–H and O–H groups in total. The average molecular weight is 614 g/mol. The second-order valence-corrected chi connectivity index (χ2v) is 12.2. The summed E-state index contributed by atoms with van der Waals surface area (Å²) >= 11 is 0. The third-order valence-electron chi connectivity index (χ3n) is 9.70. The molecule has 222 valence electrons. The summed E-state index contributed by atoms with van der Waals surface area (Å²) in [6.45, 7) is 0. The Hall–Kier alpha value is -6.73. The molecule has 48 heavy (non-hydrogen) atoms. The van der Waals surface area contributed by atoms with Gasteiger partial charge in [0.25, 0.3) is 0 Å². The summed E-state index contributed by atoms with van der Waals surface area (Å²) in [5.74, 6) is 1.72. The fraction of sp³-hybridized carbons (Fsp3) is 0. The highest BCUT2D eigenvalue weighted by atomic mass is 15.2. The summed E-state index contributed by atoms with van der Waals surface area (Å²) in [6, 6.07) is 40.7. The number of aromatic nitrogens is 7. The second-order valence-electron chi connectivity index (χ2n) is 12.2. The molecule has 0 spiro atoms. The Balaban J connectivity index is 1.32. The molecule has 0 bridgehead atoms. The number of nitrogens with zero attached hydrogens (tertiary/aromatic N) is 7. The molecule has 0 atom stereocenters. The first-order valence-electron chi connectivity index (χ1n) is 15.9. The summed E-state index contributed by atoms with van der Waals surface area (Å²) < 4.78 is 4.67. The van der Waals surface area contributed by atoms with Crippen LogP contribution in [0.1, 0.15) is 0 Å². The average Bonchev–Trinajstić information content (AvgIpc) is 3.80. The second kappa shape index (κ2) is 9.40.